The largest absolute Gasteiger partial charge is 0.346 e. The Kier molecular flexibility index (Phi) is 12.0. The van der Waals surface area contributed by atoms with Crippen molar-refractivity contribution in [2.24, 2.45) is 28.6 Å². The Bertz CT molecular complexity index is 1250. The third-order valence-corrected chi connectivity index (χ3v) is 11.2. The summed E-state index contributed by atoms with van der Waals surface area (Å²) in [4.78, 5) is 83.3. The van der Waals surface area contributed by atoms with E-state index in [1.54, 1.807) is 11.8 Å². The molecule has 268 valence electrons. The Morgan fingerprint density at radius 1 is 1.00 bits per heavy atom. The van der Waals surface area contributed by atoms with E-state index in [0.29, 0.717) is 26.1 Å². The second-order valence-corrected chi connectivity index (χ2v) is 15.9. The van der Waals surface area contributed by atoms with E-state index in [1.807, 2.05) is 25.7 Å². The van der Waals surface area contributed by atoms with Crippen LogP contribution in [0.25, 0.3) is 0 Å². The fourth-order valence-electron chi connectivity index (χ4n) is 8.13. The molecule has 0 aromatic carbocycles. The molecule has 48 heavy (non-hydrogen) atoms. The Balaban J connectivity index is 1.50. The molecule has 4 rings (SSSR count). The molecule has 1 unspecified atom stereocenters. The van der Waals surface area contributed by atoms with Gasteiger partial charge in [-0.05, 0) is 60.7 Å². The van der Waals surface area contributed by atoms with Crippen LogP contribution in [0.1, 0.15) is 99.3 Å². The minimum atomic E-state index is -1.04. The van der Waals surface area contributed by atoms with Crippen molar-refractivity contribution in [2.45, 2.75) is 123 Å². The molecule has 2 heterocycles. The SMILES string of the molecule is C=CCNC(=O)C(=O)C(CC)NC(=O)[C@@H]1[C@@H]2[C@H](CN1C(=O)[C@@H](NC(=O)N[C@H](CN1CCCCC1=O)C1CCCCC1)C(C)(C)C)C2(C)C. The van der Waals surface area contributed by atoms with Crippen LogP contribution < -0.4 is 21.3 Å². The van der Waals surface area contributed by atoms with E-state index in [9.17, 15) is 28.8 Å². The minimum absolute atomic E-state index is 0.0936. The predicted octanol–water partition coefficient (Wildman–Crippen LogP) is 2.91. The van der Waals surface area contributed by atoms with E-state index in [-0.39, 0.29) is 54.0 Å². The molecule has 0 bridgehead atoms. The summed E-state index contributed by atoms with van der Waals surface area (Å²) in [6.45, 7) is 16.7. The van der Waals surface area contributed by atoms with E-state index in [1.165, 1.54) is 6.08 Å². The van der Waals surface area contributed by atoms with Crippen LogP contribution in [0.3, 0.4) is 0 Å². The van der Waals surface area contributed by atoms with E-state index in [4.69, 9.17) is 0 Å². The van der Waals surface area contributed by atoms with Gasteiger partial charge in [0.2, 0.25) is 23.5 Å². The van der Waals surface area contributed by atoms with Crippen LogP contribution in [-0.4, -0.2) is 95.6 Å². The van der Waals surface area contributed by atoms with Crippen molar-refractivity contribution >= 4 is 35.4 Å². The number of piperidine rings is 2. The summed E-state index contributed by atoms with van der Waals surface area (Å²) < 4.78 is 0. The molecule has 6 amide bonds. The molecule has 2 aliphatic carbocycles. The van der Waals surface area contributed by atoms with Crippen LogP contribution in [0.5, 0.6) is 0 Å². The second-order valence-electron chi connectivity index (χ2n) is 15.9. The first-order valence-corrected chi connectivity index (χ1v) is 18.0. The summed E-state index contributed by atoms with van der Waals surface area (Å²) in [7, 11) is 0. The zero-order chi connectivity index (χ0) is 35.4. The number of hydrogen-bond donors (Lipinski definition) is 4. The summed E-state index contributed by atoms with van der Waals surface area (Å²) in [5.74, 6) is -2.03. The molecule has 4 aliphatic rings. The van der Waals surface area contributed by atoms with Gasteiger partial charge in [0.1, 0.15) is 12.1 Å². The molecule has 0 radical (unpaired) electrons. The molecule has 2 aliphatic heterocycles. The Hall–Kier alpha value is -3.44. The first kappa shape index (κ1) is 37.4. The van der Waals surface area contributed by atoms with Gasteiger partial charge in [-0.25, -0.2) is 4.79 Å². The molecule has 12 heteroatoms. The number of carbonyl (C=O) groups excluding carboxylic acids is 6. The van der Waals surface area contributed by atoms with E-state index < -0.39 is 47.2 Å². The molecular weight excluding hydrogens is 612 g/mol. The highest BCUT2D eigenvalue weighted by Gasteiger charge is 2.70. The summed E-state index contributed by atoms with van der Waals surface area (Å²) in [5, 5.41) is 11.4. The number of fused-ring (bicyclic) bond motifs is 1. The van der Waals surface area contributed by atoms with Crippen molar-refractivity contribution in [1.29, 1.82) is 0 Å². The topological polar surface area (TPSA) is 157 Å². The van der Waals surface area contributed by atoms with Crippen LogP contribution in [-0.2, 0) is 24.0 Å². The molecule has 0 aromatic rings. The fourth-order valence-corrected chi connectivity index (χ4v) is 8.13. The molecule has 2 saturated carbocycles. The lowest BCUT2D eigenvalue weighted by atomic mass is 9.83. The summed E-state index contributed by atoms with van der Waals surface area (Å²) in [5.41, 5.74) is -0.862. The standard InChI is InChI=1S/C36H58N6O6/c1-8-18-37-32(46)29(44)24(9-2)38-31(45)28-27-23(36(27,6)7)20-42(28)33(47)30(35(3,4)5)40-34(48)39-25(22-15-11-10-12-16-22)21-41-19-14-13-17-26(41)43/h8,22-25,27-28,30H,1,9-21H2,2-7H3,(H,37,46)(H,38,45)(H2,39,40,48)/t23-,24?,25+,27-,28-,30+/m0/s1. The van der Waals surface area contributed by atoms with Crippen molar-refractivity contribution in [3.63, 3.8) is 0 Å². The number of amides is 6. The van der Waals surface area contributed by atoms with Gasteiger partial charge in [-0.1, -0.05) is 66.9 Å². The predicted molar refractivity (Wildman–Crippen MR) is 182 cm³/mol. The van der Waals surface area contributed by atoms with E-state index >= 15 is 0 Å². The third-order valence-electron chi connectivity index (χ3n) is 11.2. The quantitative estimate of drug-likeness (QED) is 0.174. The van der Waals surface area contributed by atoms with Crippen LogP contribution in [0.15, 0.2) is 12.7 Å². The maximum absolute atomic E-state index is 14.4. The highest BCUT2D eigenvalue weighted by molar-refractivity contribution is 6.38. The zero-order valence-corrected chi connectivity index (χ0v) is 29.9. The Morgan fingerprint density at radius 3 is 2.29 bits per heavy atom. The van der Waals surface area contributed by atoms with E-state index in [2.05, 4.69) is 41.7 Å². The maximum atomic E-state index is 14.4. The van der Waals surface area contributed by atoms with Gasteiger partial charge in [-0.3, -0.25) is 24.0 Å². The molecule has 6 atom stereocenters. The van der Waals surface area contributed by atoms with Crippen LogP contribution >= 0.6 is 0 Å². The molecule has 0 spiro atoms. The van der Waals surface area contributed by atoms with Gasteiger partial charge >= 0.3 is 6.03 Å². The summed E-state index contributed by atoms with van der Waals surface area (Å²) >= 11 is 0. The normalized spacial score (nSPS) is 25.6. The van der Waals surface area contributed by atoms with Gasteiger partial charge in [-0.15, -0.1) is 6.58 Å². The number of Topliss-reactive ketones (excluding diaryl/α,β-unsaturated/α-hetero) is 1. The zero-order valence-electron chi connectivity index (χ0n) is 29.9. The first-order valence-electron chi connectivity index (χ1n) is 18.0. The van der Waals surface area contributed by atoms with Crippen molar-refractivity contribution in [3.8, 4) is 0 Å². The Morgan fingerprint density at radius 2 is 1.69 bits per heavy atom. The highest BCUT2D eigenvalue weighted by atomic mass is 16.2. The number of hydrogen-bond acceptors (Lipinski definition) is 6. The van der Waals surface area contributed by atoms with Gasteiger partial charge in [0, 0.05) is 32.6 Å². The maximum Gasteiger partial charge on any atom is 0.315 e. The number of likely N-dealkylation sites (tertiary alicyclic amines) is 2. The second kappa shape index (κ2) is 15.4. The van der Waals surface area contributed by atoms with Crippen LogP contribution in [0, 0.1) is 28.6 Å². The summed E-state index contributed by atoms with van der Waals surface area (Å²) in [6, 6.07) is -3.51. The molecule has 0 aromatic heterocycles. The molecule has 4 fully saturated rings. The van der Waals surface area contributed by atoms with Crippen molar-refractivity contribution < 1.29 is 28.8 Å². The molecule has 12 nitrogen and oxygen atoms in total. The monoisotopic (exact) mass is 670 g/mol. The van der Waals surface area contributed by atoms with Gasteiger partial charge in [0.15, 0.2) is 0 Å². The fraction of sp³-hybridized carbons (Fsp3) is 0.778. The molecule has 2 saturated heterocycles. The van der Waals surface area contributed by atoms with Gasteiger partial charge in [0.05, 0.1) is 12.1 Å². The minimum Gasteiger partial charge on any atom is -0.346 e. The van der Waals surface area contributed by atoms with Crippen molar-refractivity contribution in [1.82, 2.24) is 31.1 Å². The molecular formula is C36H58N6O6. The number of carbonyl (C=O) groups is 6. The number of nitrogens with one attached hydrogen (secondary N) is 4. The first-order chi connectivity index (χ1) is 22.6. The van der Waals surface area contributed by atoms with Crippen molar-refractivity contribution in [2.75, 3.05) is 26.2 Å². The number of ketones is 1. The Labute approximate surface area is 285 Å². The number of rotatable bonds is 13. The van der Waals surface area contributed by atoms with Crippen LogP contribution in [0.4, 0.5) is 4.79 Å². The highest BCUT2D eigenvalue weighted by Crippen LogP contribution is 2.65. The van der Waals surface area contributed by atoms with Gasteiger partial charge < -0.3 is 31.1 Å². The lowest BCUT2D eigenvalue weighted by Gasteiger charge is -2.39. The lowest BCUT2D eigenvalue weighted by molar-refractivity contribution is -0.145. The summed E-state index contributed by atoms with van der Waals surface area (Å²) in [6.07, 6.45) is 9.35. The van der Waals surface area contributed by atoms with Crippen molar-refractivity contribution in [3.05, 3.63) is 12.7 Å². The number of urea groups is 1. The molecule has 4 N–H and O–H groups in total. The average molecular weight is 671 g/mol. The average Bonchev–Trinajstić information content (AvgIpc) is 3.34. The van der Waals surface area contributed by atoms with Gasteiger partial charge in [-0.2, -0.15) is 0 Å². The van der Waals surface area contributed by atoms with Gasteiger partial charge in [0.25, 0.3) is 5.91 Å². The van der Waals surface area contributed by atoms with Crippen LogP contribution in [0.2, 0.25) is 0 Å². The third kappa shape index (κ3) is 8.40. The number of nitrogens with zero attached hydrogens (tertiary/aromatic N) is 2. The smallest absolute Gasteiger partial charge is 0.315 e. The lowest BCUT2D eigenvalue weighted by Crippen LogP contribution is -2.62. The van der Waals surface area contributed by atoms with E-state index in [0.717, 1.165) is 44.9 Å².